The number of amides is 2. The van der Waals surface area contributed by atoms with E-state index in [1.54, 1.807) is 31.2 Å². The molecule has 0 bridgehead atoms. The Bertz CT molecular complexity index is 498. The zero-order chi connectivity index (χ0) is 15.3. The molecule has 0 radical (unpaired) electrons. The van der Waals surface area contributed by atoms with Gasteiger partial charge in [0.05, 0.1) is 6.61 Å². The lowest BCUT2D eigenvalue weighted by molar-refractivity contribution is -0.123. The van der Waals surface area contributed by atoms with E-state index in [0.29, 0.717) is 18.6 Å². The van der Waals surface area contributed by atoms with Crippen molar-refractivity contribution in [3.8, 4) is 0 Å². The Labute approximate surface area is 123 Å². The fourth-order valence-corrected chi connectivity index (χ4v) is 2.08. The van der Waals surface area contributed by atoms with Crippen LogP contribution in [-0.4, -0.2) is 48.3 Å². The molecule has 1 aliphatic heterocycles. The van der Waals surface area contributed by atoms with E-state index in [-0.39, 0.29) is 25.0 Å². The summed E-state index contributed by atoms with van der Waals surface area (Å²) in [4.78, 5) is 23.9. The molecule has 1 aromatic rings. The molecule has 114 valence electrons. The number of hydrogen-bond acceptors (Lipinski definition) is 4. The first-order valence-electron chi connectivity index (χ1n) is 6.94. The van der Waals surface area contributed by atoms with Crippen molar-refractivity contribution in [1.82, 2.24) is 10.6 Å². The summed E-state index contributed by atoms with van der Waals surface area (Å²) in [5.74, 6) is -0.638. The predicted molar refractivity (Wildman–Crippen MR) is 76.8 cm³/mol. The van der Waals surface area contributed by atoms with Gasteiger partial charge in [0.15, 0.2) is 0 Å². The second kappa shape index (κ2) is 6.69. The van der Waals surface area contributed by atoms with Crippen LogP contribution in [0.5, 0.6) is 0 Å². The molecule has 0 aromatic heterocycles. The third-order valence-corrected chi connectivity index (χ3v) is 3.45. The Morgan fingerprint density at radius 2 is 2.10 bits per heavy atom. The molecule has 1 fully saturated rings. The van der Waals surface area contributed by atoms with Crippen molar-refractivity contribution < 1.29 is 19.4 Å². The van der Waals surface area contributed by atoms with Gasteiger partial charge in [-0.2, -0.15) is 0 Å². The summed E-state index contributed by atoms with van der Waals surface area (Å²) >= 11 is 0. The number of aliphatic hydroxyl groups is 1. The van der Waals surface area contributed by atoms with Crippen LogP contribution in [0, 0.1) is 0 Å². The molecule has 2 amide bonds. The Hall–Kier alpha value is -1.92. The molecule has 1 aliphatic rings. The van der Waals surface area contributed by atoms with Crippen LogP contribution in [0.15, 0.2) is 30.3 Å². The molecule has 1 aromatic carbocycles. The van der Waals surface area contributed by atoms with Gasteiger partial charge in [0.2, 0.25) is 5.91 Å². The molecule has 0 aliphatic carbocycles. The van der Waals surface area contributed by atoms with Crippen molar-refractivity contribution in [2.45, 2.75) is 25.0 Å². The van der Waals surface area contributed by atoms with Gasteiger partial charge in [-0.1, -0.05) is 18.2 Å². The van der Waals surface area contributed by atoms with Gasteiger partial charge in [0.25, 0.3) is 5.91 Å². The van der Waals surface area contributed by atoms with Crippen LogP contribution >= 0.6 is 0 Å². The van der Waals surface area contributed by atoms with Crippen LogP contribution in [0.3, 0.4) is 0 Å². The average molecular weight is 292 g/mol. The quantitative estimate of drug-likeness (QED) is 0.717. The third kappa shape index (κ3) is 4.27. The lowest BCUT2D eigenvalue weighted by Crippen LogP contribution is -2.50. The summed E-state index contributed by atoms with van der Waals surface area (Å²) in [6.07, 6.45) is 0.498. The van der Waals surface area contributed by atoms with Crippen LogP contribution in [0.25, 0.3) is 0 Å². The molecule has 0 saturated carbocycles. The van der Waals surface area contributed by atoms with E-state index < -0.39 is 11.6 Å². The van der Waals surface area contributed by atoms with E-state index in [1.807, 2.05) is 6.07 Å². The summed E-state index contributed by atoms with van der Waals surface area (Å²) in [5.41, 5.74) is -0.501. The normalized spacial score (nSPS) is 22.6. The number of hydrogen-bond donors (Lipinski definition) is 3. The molecule has 1 saturated heterocycles. The summed E-state index contributed by atoms with van der Waals surface area (Å²) in [6, 6.07) is 8.02. The number of carbonyl (C=O) groups is 2. The summed E-state index contributed by atoms with van der Waals surface area (Å²) in [7, 11) is 0. The fraction of sp³-hybridized carbons (Fsp3) is 0.467. The Balaban J connectivity index is 1.81. The molecule has 1 heterocycles. The van der Waals surface area contributed by atoms with Gasteiger partial charge in [0.1, 0.15) is 11.6 Å². The Morgan fingerprint density at radius 1 is 1.38 bits per heavy atom. The van der Waals surface area contributed by atoms with Crippen molar-refractivity contribution in [1.29, 1.82) is 0 Å². The van der Waals surface area contributed by atoms with E-state index >= 15 is 0 Å². The SMILES string of the molecule is CC(NC(=O)c1ccccc1)C(=O)NCC1(O)CCOC1. The minimum atomic E-state index is -1.00. The van der Waals surface area contributed by atoms with Gasteiger partial charge in [-0.3, -0.25) is 9.59 Å². The van der Waals surface area contributed by atoms with Gasteiger partial charge in [-0.05, 0) is 19.1 Å². The summed E-state index contributed by atoms with van der Waals surface area (Å²) < 4.78 is 5.10. The molecular weight excluding hydrogens is 272 g/mol. The lowest BCUT2D eigenvalue weighted by atomic mass is 10.0. The number of rotatable bonds is 5. The molecule has 0 spiro atoms. The van der Waals surface area contributed by atoms with E-state index in [9.17, 15) is 14.7 Å². The maximum Gasteiger partial charge on any atom is 0.251 e. The first kappa shape index (κ1) is 15.5. The van der Waals surface area contributed by atoms with Crippen molar-refractivity contribution >= 4 is 11.8 Å². The van der Waals surface area contributed by atoms with Crippen LogP contribution in [0.4, 0.5) is 0 Å². The Morgan fingerprint density at radius 3 is 2.71 bits per heavy atom. The van der Waals surface area contributed by atoms with Gasteiger partial charge >= 0.3 is 0 Å². The van der Waals surface area contributed by atoms with Gasteiger partial charge in [0, 0.05) is 25.1 Å². The van der Waals surface area contributed by atoms with Crippen LogP contribution in [-0.2, 0) is 9.53 Å². The highest BCUT2D eigenvalue weighted by Gasteiger charge is 2.33. The molecule has 6 nitrogen and oxygen atoms in total. The highest BCUT2D eigenvalue weighted by Crippen LogP contribution is 2.16. The molecular formula is C15H20N2O4. The van der Waals surface area contributed by atoms with Gasteiger partial charge < -0.3 is 20.5 Å². The number of nitrogens with one attached hydrogen (secondary N) is 2. The monoisotopic (exact) mass is 292 g/mol. The van der Waals surface area contributed by atoms with E-state index in [0.717, 1.165) is 0 Å². The van der Waals surface area contributed by atoms with E-state index in [2.05, 4.69) is 10.6 Å². The lowest BCUT2D eigenvalue weighted by Gasteiger charge is -2.22. The van der Waals surface area contributed by atoms with Crippen molar-refractivity contribution in [3.05, 3.63) is 35.9 Å². The standard InChI is InChI=1S/C15H20N2O4/c1-11(17-14(19)12-5-3-2-4-6-12)13(18)16-9-15(20)7-8-21-10-15/h2-6,11,20H,7-10H2,1H3,(H,16,18)(H,17,19). The second-order valence-corrected chi connectivity index (χ2v) is 5.31. The molecule has 6 heteroatoms. The maximum atomic E-state index is 11.9. The summed E-state index contributed by atoms with van der Waals surface area (Å²) in [6.45, 7) is 2.44. The molecule has 2 atom stereocenters. The smallest absolute Gasteiger partial charge is 0.251 e. The highest BCUT2D eigenvalue weighted by molar-refractivity contribution is 5.97. The number of carbonyl (C=O) groups excluding carboxylic acids is 2. The average Bonchev–Trinajstić information content (AvgIpc) is 2.93. The second-order valence-electron chi connectivity index (χ2n) is 5.31. The zero-order valence-corrected chi connectivity index (χ0v) is 12.0. The highest BCUT2D eigenvalue weighted by atomic mass is 16.5. The van der Waals surface area contributed by atoms with Crippen molar-refractivity contribution in [3.63, 3.8) is 0 Å². The maximum absolute atomic E-state index is 11.9. The number of ether oxygens (including phenoxy) is 1. The predicted octanol–water partition coefficient (Wildman–Crippen LogP) is 0.0725. The van der Waals surface area contributed by atoms with E-state index in [1.165, 1.54) is 0 Å². The van der Waals surface area contributed by atoms with Crippen molar-refractivity contribution in [2.24, 2.45) is 0 Å². The van der Waals surface area contributed by atoms with Crippen LogP contribution in [0.1, 0.15) is 23.7 Å². The van der Waals surface area contributed by atoms with Crippen molar-refractivity contribution in [2.75, 3.05) is 19.8 Å². The van der Waals surface area contributed by atoms with Gasteiger partial charge in [-0.15, -0.1) is 0 Å². The summed E-state index contributed by atoms with van der Waals surface area (Å²) in [5, 5.41) is 15.3. The zero-order valence-electron chi connectivity index (χ0n) is 12.0. The van der Waals surface area contributed by atoms with Gasteiger partial charge in [-0.25, -0.2) is 0 Å². The molecule has 3 N–H and O–H groups in total. The van der Waals surface area contributed by atoms with E-state index in [4.69, 9.17) is 4.74 Å². The molecule has 21 heavy (non-hydrogen) atoms. The third-order valence-electron chi connectivity index (χ3n) is 3.45. The Kier molecular flexibility index (Phi) is 4.93. The topological polar surface area (TPSA) is 87.7 Å². The molecule has 2 rings (SSSR count). The minimum absolute atomic E-state index is 0.122. The fourth-order valence-electron chi connectivity index (χ4n) is 2.08. The molecule has 2 unspecified atom stereocenters. The van der Waals surface area contributed by atoms with Crippen LogP contribution in [0.2, 0.25) is 0 Å². The van der Waals surface area contributed by atoms with Crippen LogP contribution < -0.4 is 10.6 Å². The number of benzene rings is 1. The largest absolute Gasteiger partial charge is 0.386 e. The first-order valence-corrected chi connectivity index (χ1v) is 6.94. The minimum Gasteiger partial charge on any atom is -0.386 e. The first-order chi connectivity index (χ1) is 10.0.